The number of ether oxygens (including phenoxy) is 1. The van der Waals surface area contributed by atoms with Crippen LogP contribution in [0, 0.1) is 0 Å². The summed E-state index contributed by atoms with van der Waals surface area (Å²) in [5.41, 5.74) is -8.94. The minimum atomic E-state index is -5.61. The molecule has 0 bridgehead atoms. The molecule has 2 aromatic carbocycles. The van der Waals surface area contributed by atoms with Gasteiger partial charge in [0.2, 0.25) is 10.0 Å². The molecule has 3 aromatic rings. The number of nitrogens with zero attached hydrogens (tertiary/aromatic N) is 3. The average molecular weight is 550 g/mol. The van der Waals surface area contributed by atoms with E-state index in [2.05, 4.69) is 0 Å². The molecule has 0 radical (unpaired) electrons. The second-order valence-electron chi connectivity index (χ2n) is 7.35. The van der Waals surface area contributed by atoms with Crippen LogP contribution in [-0.2, 0) is 26.9 Å². The SMILES string of the molecule is CN(C)S(=O)(=O)c1cc(-n2c(=O)[nH]c(=O)n(C)c2=O)ccc1Oc1ccc(S(=O)(=O)C(F)(F)F)cc1. The van der Waals surface area contributed by atoms with Gasteiger partial charge in [0, 0.05) is 21.1 Å². The summed E-state index contributed by atoms with van der Waals surface area (Å²) in [7, 11) is -6.42. The highest BCUT2D eigenvalue weighted by molar-refractivity contribution is 7.92. The van der Waals surface area contributed by atoms with Crippen molar-refractivity contribution >= 4 is 19.9 Å². The summed E-state index contributed by atoms with van der Waals surface area (Å²) in [6, 6.07) is 6.18. The van der Waals surface area contributed by atoms with Crippen LogP contribution in [0.4, 0.5) is 13.2 Å². The first kappa shape index (κ1) is 26.9. The average Bonchev–Trinajstić information content (AvgIpc) is 2.78. The number of aromatic nitrogens is 3. The highest BCUT2D eigenvalue weighted by Crippen LogP contribution is 2.34. The van der Waals surface area contributed by atoms with Crippen molar-refractivity contribution in [2.75, 3.05) is 14.1 Å². The maximum atomic E-state index is 12.9. The van der Waals surface area contributed by atoms with Gasteiger partial charge in [-0.05, 0) is 42.5 Å². The van der Waals surface area contributed by atoms with Gasteiger partial charge in [0.25, 0.3) is 9.84 Å². The first-order chi connectivity index (χ1) is 16.5. The highest BCUT2D eigenvalue weighted by atomic mass is 32.2. The quantitative estimate of drug-likeness (QED) is 0.466. The number of nitrogens with one attached hydrogen (secondary N) is 1. The number of H-pyrrole nitrogens is 1. The lowest BCUT2D eigenvalue weighted by atomic mass is 10.3. The van der Waals surface area contributed by atoms with Gasteiger partial charge >= 0.3 is 22.6 Å². The van der Waals surface area contributed by atoms with Crippen molar-refractivity contribution in [1.29, 1.82) is 0 Å². The standard InChI is InChI=1S/C19H17F3N4O8S2/c1-24(2)36(32,33)15-10-11(26-17(28)23-16(27)25(3)18(26)29)4-9-14(15)34-12-5-7-13(8-6-12)35(30,31)19(20,21)22/h4-10H,1-3H3,(H,23,27,28). The Labute approximate surface area is 200 Å². The Morgan fingerprint density at radius 1 is 0.917 bits per heavy atom. The number of aromatic amines is 1. The van der Waals surface area contributed by atoms with Crippen LogP contribution in [0.15, 0.2) is 66.6 Å². The molecule has 1 N–H and O–H groups in total. The fourth-order valence-corrected chi connectivity index (χ4v) is 4.64. The molecule has 0 fully saturated rings. The largest absolute Gasteiger partial charge is 0.501 e. The van der Waals surface area contributed by atoms with E-state index < -0.39 is 52.2 Å². The van der Waals surface area contributed by atoms with Crippen LogP contribution in [-0.4, -0.2) is 54.9 Å². The summed E-state index contributed by atoms with van der Waals surface area (Å²) in [5.74, 6) is -0.565. The minimum Gasteiger partial charge on any atom is -0.456 e. The molecular weight excluding hydrogens is 533 g/mol. The van der Waals surface area contributed by atoms with Crippen LogP contribution in [0.1, 0.15) is 0 Å². The molecule has 17 heteroatoms. The summed E-state index contributed by atoms with van der Waals surface area (Å²) in [6.45, 7) is 0. The van der Waals surface area contributed by atoms with Crippen molar-refractivity contribution in [1.82, 2.24) is 18.4 Å². The van der Waals surface area contributed by atoms with E-state index >= 15 is 0 Å². The molecule has 3 rings (SSSR count). The molecule has 0 aliphatic rings. The van der Waals surface area contributed by atoms with Crippen molar-refractivity contribution in [2.24, 2.45) is 7.05 Å². The number of halogens is 3. The van der Waals surface area contributed by atoms with E-state index in [1.807, 2.05) is 4.98 Å². The molecule has 36 heavy (non-hydrogen) atoms. The maximum Gasteiger partial charge on any atom is 0.501 e. The lowest BCUT2D eigenvalue weighted by Gasteiger charge is -2.17. The number of hydrogen-bond donors (Lipinski definition) is 1. The van der Waals surface area contributed by atoms with Gasteiger partial charge in [-0.2, -0.15) is 13.2 Å². The summed E-state index contributed by atoms with van der Waals surface area (Å²) < 4.78 is 94.5. The zero-order valence-electron chi connectivity index (χ0n) is 18.6. The third-order valence-corrected chi connectivity index (χ3v) is 8.15. The van der Waals surface area contributed by atoms with Crippen LogP contribution in [0.25, 0.3) is 5.69 Å². The maximum absolute atomic E-state index is 12.9. The van der Waals surface area contributed by atoms with Crippen LogP contribution in [0.3, 0.4) is 0 Å². The molecule has 0 atom stereocenters. The molecule has 0 aliphatic carbocycles. The fraction of sp³-hybridized carbons (Fsp3) is 0.211. The van der Waals surface area contributed by atoms with Gasteiger partial charge in [0.05, 0.1) is 10.6 Å². The van der Waals surface area contributed by atoms with Gasteiger partial charge in [-0.25, -0.2) is 44.7 Å². The van der Waals surface area contributed by atoms with Crippen LogP contribution in [0.2, 0.25) is 0 Å². The fourth-order valence-electron chi connectivity index (χ4n) is 2.85. The Morgan fingerprint density at radius 2 is 1.50 bits per heavy atom. The van der Waals surface area contributed by atoms with Crippen molar-refractivity contribution < 1.29 is 34.7 Å². The van der Waals surface area contributed by atoms with Crippen LogP contribution >= 0.6 is 0 Å². The van der Waals surface area contributed by atoms with Crippen molar-refractivity contribution in [3.05, 3.63) is 73.9 Å². The van der Waals surface area contributed by atoms with Gasteiger partial charge in [0.15, 0.2) is 0 Å². The van der Waals surface area contributed by atoms with Gasteiger partial charge in [-0.1, -0.05) is 0 Å². The number of hydrogen-bond acceptors (Lipinski definition) is 8. The molecule has 194 valence electrons. The minimum absolute atomic E-state index is 0.212. The molecular formula is C19H17F3N4O8S2. The molecule has 0 aliphatic heterocycles. The molecule has 0 saturated carbocycles. The molecule has 1 heterocycles. The van der Waals surface area contributed by atoms with Crippen molar-refractivity contribution in [3.8, 4) is 17.2 Å². The second-order valence-corrected chi connectivity index (χ2v) is 11.4. The smallest absolute Gasteiger partial charge is 0.456 e. The van der Waals surface area contributed by atoms with Gasteiger partial charge < -0.3 is 4.74 Å². The Balaban J connectivity index is 2.15. The normalized spacial score (nSPS) is 12.6. The third-order valence-electron chi connectivity index (χ3n) is 4.81. The van der Waals surface area contributed by atoms with E-state index in [-0.39, 0.29) is 17.2 Å². The van der Waals surface area contributed by atoms with Gasteiger partial charge in [-0.15, -0.1) is 0 Å². The lowest BCUT2D eigenvalue weighted by molar-refractivity contribution is -0.0436. The van der Waals surface area contributed by atoms with E-state index in [1.165, 1.54) is 14.1 Å². The van der Waals surface area contributed by atoms with Gasteiger partial charge in [-0.3, -0.25) is 4.98 Å². The predicted molar refractivity (Wildman–Crippen MR) is 119 cm³/mol. The molecule has 0 unspecified atom stereocenters. The Kier molecular flexibility index (Phi) is 6.77. The number of sulfone groups is 1. The van der Waals surface area contributed by atoms with E-state index in [0.717, 1.165) is 41.7 Å². The summed E-state index contributed by atoms with van der Waals surface area (Å²) in [4.78, 5) is 36.6. The third kappa shape index (κ3) is 4.71. The monoisotopic (exact) mass is 550 g/mol. The molecule has 12 nitrogen and oxygen atoms in total. The summed E-state index contributed by atoms with van der Waals surface area (Å²) in [6.07, 6.45) is 0. The van der Waals surface area contributed by atoms with E-state index in [1.54, 1.807) is 0 Å². The topological polar surface area (TPSA) is 158 Å². The molecule has 0 amide bonds. The van der Waals surface area contributed by atoms with E-state index in [0.29, 0.717) is 21.3 Å². The van der Waals surface area contributed by atoms with Gasteiger partial charge in [0.1, 0.15) is 16.4 Å². The number of rotatable bonds is 6. The van der Waals surface area contributed by atoms with E-state index in [4.69, 9.17) is 4.74 Å². The Morgan fingerprint density at radius 3 is 2.03 bits per heavy atom. The number of alkyl halides is 3. The first-order valence-electron chi connectivity index (χ1n) is 9.57. The molecule has 1 aromatic heterocycles. The van der Waals surface area contributed by atoms with Crippen molar-refractivity contribution in [3.63, 3.8) is 0 Å². The lowest BCUT2D eigenvalue weighted by Crippen LogP contribution is -2.47. The first-order valence-corrected chi connectivity index (χ1v) is 12.5. The summed E-state index contributed by atoms with van der Waals surface area (Å²) in [5, 5.41) is 0. The number of benzene rings is 2. The molecule has 0 spiro atoms. The van der Waals surface area contributed by atoms with Crippen molar-refractivity contribution in [2.45, 2.75) is 15.3 Å². The summed E-state index contributed by atoms with van der Waals surface area (Å²) >= 11 is 0. The predicted octanol–water partition coefficient (Wildman–Crippen LogP) is 0.561. The highest BCUT2D eigenvalue weighted by Gasteiger charge is 2.46. The zero-order valence-corrected chi connectivity index (χ0v) is 20.2. The number of sulfonamides is 1. The van der Waals surface area contributed by atoms with Crippen LogP contribution in [0.5, 0.6) is 11.5 Å². The van der Waals surface area contributed by atoms with Crippen LogP contribution < -0.4 is 21.8 Å². The second kappa shape index (κ2) is 9.07. The Bertz CT molecular complexity index is 1720. The molecule has 0 saturated heterocycles. The van der Waals surface area contributed by atoms with E-state index in [9.17, 15) is 44.4 Å². The Hall–Kier alpha value is -3.70. The zero-order chi connectivity index (χ0) is 27.2.